The van der Waals surface area contributed by atoms with Gasteiger partial charge in [-0.05, 0) is 0 Å². The molecule has 0 heterocycles. The summed E-state index contributed by atoms with van der Waals surface area (Å²) in [4.78, 5) is 9.40. The van der Waals surface area contributed by atoms with E-state index >= 15 is 0 Å². The molecule has 0 radical (unpaired) electrons. The molecular weight excluding hydrogens is 255 g/mol. The second-order valence-electron chi connectivity index (χ2n) is 0.960. The quantitative estimate of drug-likeness (QED) is 0.563. The van der Waals surface area contributed by atoms with Crippen molar-refractivity contribution < 1.29 is 9.90 Å². The summed E-state index contributed by atoms with van der Waals surface area (Å²) in [6, 6.07) is 0. The van der Waals surface area contributed by atoms with E-state index in [2.05, 4.69) is 31.9 Å². The summed E-state index contributed by atoms with van der Waals surface area (Å²) < 4.78 is 0. The number of alkyl halides is 2. The Morgan fingerprint density at radius 3 is 2.12 bits per heavy atom. The zero-order valence-electron chi connectivity index (χ0n) is 3.40. The van der Waals surface area contributed by atoms with Crippen LogP contribution in [0.4, 0.5) is 0 Å². The molecule has 0 aliphatic carbocycles. The molecule has 2 nitrogen and oxygen atoms in total. The van der Waals surface area contributed by atoms with Gasteiger partial charge in [0.1, 0.15) is 4.83 Å². The van der Waals surface area contributed by atoms with Crippen LogP contribution in [-0.4, -0.2) is 38.6 Å². The standard InChI is InChI=1S/C3H4Br2O2.Al.3H/c4-1-2(5)3(6)7;;;;/h2H,1H2,(H,6,7);;;;. The van der Waals surface area contributed by atoms with Gasteiger partial charge in [0, 0.05) is 5.33 Å². The fraction of sp³-hybridized carbons (Fsp3) is 0.667. The molecule has 1 unspecified atom stereocenters. The first kappa shape index (κ1) is 11.7. The van der Waals surface area contributed by atoms with Gasteiger partial charge in [0.05, 0.1) is 0 Å². The first-order chi connectivity index (χ1) is 3.18. The van der Waals surface area contributed by atoms with Crippen LogP contribution in [0.1, 0.15) is 0 Å². The van der Waals surface area contributed by atoms with Gasteiger partial charge in [-0.3, -0.25) is 4.79 Å². The van der Waals surface area contributed by atoms with Gasteiger partial charge < -0.3 is 5.11 Å². The molecule has 1 N–H and O–H groups in total. The number of rotatable bonds is 2. The van der Waals surface area contributed by atoms with Gasteiger partial charge >= 0.3 is 5.97 Å². The summed E-state index contributed by atoms with van der Waals surface area (Å²) in [5, 5.41) is 8.55. The molecule has 5 heteroatoms. The van der Waals surface area contributed by atoms with Crippen molar-refractivity contribution in [2.24, 2.45) is 0 Å². The van der Waals surface area contributed by atoms with Gasteiger partial charge in [0.15, 0.2) is 17.4 Å². The van der Waals surface area contributed by atoms with E-state index in [9.17, 15) is 4.79 Å². The Kier molecular flexibility index (Phi) is 8.92. The van der Waals surface area contributed by atoms with Gasteiger partial charge in [-0.2, -0.15) is 0 Å². The molecule has 0 aromatic heterocycles. The molecule has 8 heavy (non-hydrogen) atoms. The maximum atomic E-state index is 9.85. The number of hydrogen-bond donors (Lipinski definition) is 1. The van der Waals surface area contributed by atoms with E-state index in [1.54, 1.807) is 0 Å². The van der Waals surface area contributed by atoms with Gasteiger partial charge in [-0.1, -0.05) is 31.9 Å². The van der Waals surface area contributed by atoms with Crippen LogP contribution < -0.4 is 0 Å². The van der Waals surface area contributed by atoms with Crippen molar-refractivity contribution in [2.45, 2.75) is 4.83 Å². The monoisotopic (exact) mass is 260 g/mol. The molecule has 0 rings (SSSR count). The van der Waals surface area contributed by atoms with Crippen LogP contribution in [0, 0.1) is 0 Å². The minimum absolute atomic E-state index is 0. The third kappa shape index (κ3) is 5.11. The SMILES string of the molecule is O=C(O)C(Br)CBr.[AlH3]. The number of carboxylic acid groups (broad SMARTS) is 1. The molecule has 0 aliphatic rings. The van der Waals surface area contributed by atoms with E-state index < -0.39 is 10.8 Å². The van der Waals surface area contributed by atoms with E-state index in [4.69, 9.17) is 5.11 Å². The van der Waals surface area contributed by atoms with Crippen molar-refractivity contribution in [3.63, 3.8) is 0 Å². The van der Waals surface area contributed by atoms with Crippen molar-refractivity contribution in [3.05, 3.63) is 0 Å². The lowest BCUT2D eigenvalue weighted by atomic mass is 10.5. The summed E-state index contributed by atoms with van der Waals surface area (Å²) in [5.41, 5.74) is 0. The normalized spacial score (nSPS) is 11.8. The van der Waals surface area contributed by atoms with Crippen LogP contribution in [0.2, 0.25) is 0 Å². The lowest BCUT2D eigenvalue weighted by Gasteiger charge is -1.93. The number of carbonyl (C=O) groups is 1. The molecule has 1 atom stereocenters. The highest BCUT2D eigenvalue weighted by molar-refractivity contribution is 9.12. The fourth-order valence-electron chi connectivity index (χ4n) is 0.0660. The second kappa shape index (κ2) is 6.09. The Morgan fingerprint density at radius 2 is 2.12 bits per heavy atom. The molecule has 0 aliphatic heterocycles. The van der Waals surface area contributed by atoms with E-state index in [-0.39, 0.29) is 17.4 Å². The topological polar surface area (TPSA) is 37.3 Å². The molecule has 0 saturated carbocycles. The van der Waals surface area contributed by atoms with Crippen molar-refractivity contribution in [1.29, 1.82) is 0 Å². The summed E-state index contributed by atoms with van der Waals surface area (Å²) >= 11 is 5.88. The number of aliphatic carboxylic acids is 1. The van der Waals surface area contributed by atoms with Crippen molar-refractivity contribution in [1.82, 2.24) is 0 Å². The predicted molar refractivity (Wildman–Crippen MR) is 44.1 cm³/mol. The highest BCUT2D eigenvalue weighted by Gasteiger charge is 2.08. The van der Waals surface area contributed by atoms with Crippen molar-refractivity contribution >= 4 is 55.2 Å². The second-order valence-corrected chi connectivity index (χ2v) is 2.71. The van der Waals surface area contributed by atoms with Gasteiger partial charge in [0.25, 0.3) is 0 Å². The Hall–Kier alpha value is 0.962. The first-order valence-corrected chi connectivity index (χ1v) is 3.65. The largest absolute Gasteiger partial charge is 0.480 e. The predicted octanol–water partition coefficient (Wildman–Crippen LogP) is 0.0455. The maximum Gasteiger partial charge on any atom is 0.318 e. The lowest BCUT2D eigenvalue weighted by molar-refractivity contribution is -0.135. The van der Waals surface area contributed by atoms with Crippen molar-refractivity contribution in [2.75, 3.05) is 5.33 Å². The first-order valence-electron chi connectivity index (χ1n) is 1.61. The van der Waals surface area contributed by atoms with Crippen LogP contribution in [-0.2, 0) is 4.79 Å². The summed E-state index contributed by atoms with van der Waals surface area (Å²) in [7, 11) is 0. The Bertz CT molecular complexity index is 77.7. The Morgan fingerprint density at radius 1 is 1.75 bits per heavy atom. The molecule has 0 saturated heterocycles. The average Bonchev–Trinajstić information content (AvgIpc) is 1.65. The summed E-state index contributed by atoms with van der Waals surface area (Å²) in [6.45, 7) is 0. The van der Waals surface area contributed by atoms with Crippen LogP contribution in [0.25, 0.3) is 0 Å². The smallest absolute Gasteiger partial charge is 0.318 e. The molecule has 0 aromatic rings. The Balaban J connectivity index is 0. The van der Waals surface area contributed by atoms with Gasteiger partial charge in [-0.25, -0.2) is 0 Å². The third-order valence-electron chi connectivity index (χ3n) is 0.403. The number of hydrogen-bond acceptors (Lipinski definition) is 1. The van der Waals surface area contributed by atoms with Crippen LogP contribution in [0.5, 0.6) is 0 Å². The molecule has 0 aromatic carbocycles. The Labute approximate surface area is 75.0 Å². The molecule has 0 bridgehead atoms. The third-order valence-corrected chi connectivity index (χ3v) is 2.64. The highest BCUT2D eigenvalue weighted by Crippen LogP contribution is 2.01. The van der Waals surface area contributed by atoms with E-state index in [0.29, 0.717) is 5.33 Å². The van der Waals surface area contributed by atoms with E-state index in [1.165, 1.54) is 0 Å². The zero-order chi connectivity index (χ0) is 5.86. The molecule has 48 valence electrons. The minimum atomic E-state index is -0.836. The zero-order valence-corrected chi connectivity index (χ0v) is 6.57. The van der Waals surface area contributed by atoms with Gasteiger partial charge in [0.2, 0.25) is 0 Å². The number of carboxylic acids is 1. The van der Waals surface area contributed by atoms with Crippen LogP contribution in [0.15, 0.2) is 0 Å². The highest BCUT2D eigenvalue weighted by atomic mass is 79.9. The molecule has 0 amide bonds. The lowest BCUT2D eigenvalue weighted by Crippen LogP contribution is -2.12. The molecular formula is C3H7AlBr2O2. The van der Waals surface area contributed by atoms with Crippen LogP contribution >= 0.6 is 31.9 Å². The van der Waals surface area contributed by atoms with E-state index in [1.807, 2.05) is 0 Å². The average molecular weight is 262 g/mol. The molecule has 0 fully saturated rings. The van der Waals surface area contributed by atoms with Crippen molar-refractivity contribution in [3.8, 4) is 0 Å². The fourth-order valence-corrected chi connectivity index (χ4v) is 0.343. The van der Waals surface area contributed by atoms with Gasteiger partial charge in [-0.15, -0.1) is 0 Å². The van der Waals surface area contributed by atoms with E-state index in [0.717, 1.165) is 0 Å². The molecule has 0 spiro atoms. The minimum Gasteiger partial charge on any atom is -0.480 e. The summed E-state index contributed by atoms with van der Waals surface area (Å²) in [5.74, 6) is -0.836. The maximum absolute atomic E-state index is 9.85. The summed E-state index contributed by atoms with van der Waals surface area (Å²) in [6.07, 6.45) is 0. The number of halogens is 2. The van der Waals surface area contributed by atoms with Crippen LogP contribution in [0.3, 0.4) is 0 Å².